The molecule has 0 unspecified atom stereocenters. The Morgan fingerprint density at radius 2 is 1.88 bits per heavy atom. The monoisotopic (exact) mass is 371 g/mol. The Balaban J connectivity index is 0.00000196. The zero-order chi connectivity index (χ0) is 17.6. The quantitative estimate of drug-likeness (QED) is 0.747. The van der Waals surface area contributed by atoms with Crippen LogP contribution in [0.2, 0.25) is 0 Å². The zero-order valence-corrected chi connectivity index (χ0v) is 15.7. The number of nitriles is 1. The number of nitrogens with zero attached hydrogens (tertiary/aromatic N) is 6. The lowest BCUT2D eigenvalue weighted by atomic mass is 9.90. The summed E-state index contributed by atoms with van der Waals surface area (Å²) in [4.78, 5) is 2.31. The molecule has 0 amide bonds. The van der Waals surface area contributed by atoms with E-state index in [1.165, 1.54) is 0 Å². The van der Waals surface area contributed by atoms with Gasteiger partial charge in [-0.05, 0) is 25.8 Å². The van der Waals surface area contributed by atoms with E-state index in [1.807, 2.05) is 25.6 Å². The van der Waals surface area contributed by atoms with Crippen molar-refractivity contribution in [2.75, 3.05) is 18.0 Å². The predicted molar refractivity (Wildman–Crippen MR) is 103 cm³/mol. The minimum atomic E-state index is -0.119. The van der Waals surface area contributed by atoms with Gasteiger partial charge in [0.15, 0.2) is 0 Å². The van der Waals surface area contributed by atoms with E-state index in [9.17, 15) is 5.26 Å². The molecule has 0 aliphatic carbocycles. The van der Waals surface area contributed by atoms with Crippen LogP contribution in [0.3, 0.4) is 0 Å². The summed E-state index contributed by atoms with van der Waals surface area (Å²) in [5.41, 5.74) is 10.7. The molecule has 8 heteroatoms. The fourth-order valence-corrected chi connectivity index (χ4v) is 3.41. The number of aromatic nitrogens is 4. The van der Waals surface area contributed by atoms with E-state index in [0.717, 1.165) is 48.3 Å². The van der Waals surface area contributed by atoms with Crippen LogP contribution in [0.5, 0.6) is 0 Å². The molecule has 0 atom stereocenters. The van der Waals surface area contributed by atoms with Crippen LogP contribution in [0.4, 0.5) is 5.69 Å². The standard InChI is InChI=1S/C18H21N7.ClH/c1-18(20)3-5-24(6-4-18)16-7-13(15-10-21-23(2)11-15)12-25-17(16)14(8-19)9-22-25;/h7,9-12H,3-6,20H2,1-2H3;1H. The Labute approximate surface area is 158 Å². The van der Waals surface area contributed by atoms with Gasteiger partial charge in [0, 0.05) is 49.2 Å². The van der Waals surface area contributed by atoms with Crippen molar-refractivity contribution in [3.05, 3.63) is 36.4 Å². The van der Waals surface area contributed by atoms with Crippen LogP contribution in [0, 0.1) is 11.3 Å². The first-order valence-electron chi connectivity index (χ1n) is 8.41. The van der Waals surface area contributed by atoms with E-state index < -0.39 is 0 Å². The predicted octanol–water partition coefficient (Wildman–Crippen LogP) is 2.35. The van der Waals surface area contributed by atoms with Crippen molar-refractivity contribution in [2.24, 2.45) is 12.8 Å². The molecule has 1 saturated heterocycles. The molecule has 136 valence electrons. The zero-order valence-electron chi connectivity index (χ0n) is 14.9. The van der Waals surface area contributed by atoms with Crippen LogP contribution in [-0.4, -0.2) is 38.0 Å². The van der Waals surface area contributed by atoms with Gasteiger partial charge >= 0.3 is 0 Å². The molecule has 0 saturated carbocycles. The van der Waals surface area contributed by atoms with Crippen molar-refractivity contribution < 1.29 is 0 Å². The number of rotatable bonds is 2. The molecule has 1 aliphatic rings. The summed E-state index contributed by atoms with van der Waals surface area (Å²) in [5.74, 6) is 0. The van der Waals surface area contributed by atoms with E-state index in [4.69, 9.17) is 5.73 Å². The second-order valence-corrected chi connectivity index (χ2v) is 7.12. The SMILES string of the molecule is Cl.Cn1cc(-c2cc(N3CCC(C)(N)CC3)c3c(C#N)cnn3c2)cn1. The molecule has 0 aromatic carbocycles. The fourth-order valence-electron chi connectivity index (χ4n) is 3.41. The molecule has 3 aromatic rings. The second-order valence-electron chi connectivity index (χ2n) is 7.12. The summed E-state index contributed by atoms with van der Waals surface area (Å²) in [5, 5.41) is 18.1. The summed E-state index contributed by atoms with van der Waals surface area (Å²) < 4.78 is 3.58. The number of anilines is 1. The molecular formula is C18H22ClN7. The van der Waals surface area contributed by atoms with Crippen LogP contribution in [0.15, 0.2) is 30.9 Å². The number of hydrogen-bond acceptors (Lipinski definition) is 5. The highest BCUT2D eigenvalue weighted by Gasteiger charge is 2.28. The Morgan fingerprint density at radius 1 is 1.15 bits per heavy atom. The fraction of sp³-hybridized carbons (Fsp3) is 0.389. The summed E-state index contributed by atoms with van der Waals surface area (Å²) >= 11 is 0. The second kappa shape index (κ2) is 6.63. The molecule has 4 heterocycles. The third kappa shape index (κ3) is 3.14. The minimum Gasteiger partial charge on any atom is -0.370 e. The maximum absolute atomic E-state index is 9.46. The summed E-state index contributed by atoms with van der Waals surface area (Å²) in [7, 11) is 1.90. The first-order chi connectivity index (χ1) is 12.0. The molecular weight excluding hydrogens is 350 g/mol. The average molecular weight is 372 g/mol. The van der Waals surface area contributed by atoms with E-state index >= 15 is 0 Å². The minimum absolute atomic E-state index is 0. The van der Waals surface area contributed by atoms with E-state index in [-0.39, 0.29) is 17.9 Å². The number of aryl methyl sites for hydroxylation is 1. The topological polar surface area (TPSA) is 88.2 Å². The van der Waals surface area contributed by atoms with E-state index in [2.05, 4.69) is 34.2 Å². The van der Waals surface area contributed by atoms with Gasteiger partial charge in [-0.15, -0.1) is 12.4 Å². The van der Waals surface area contributed by atoms with Crippen LogP contribution in [0.25, 0.3) is 16.6 Å². The Kier molecular flexibility index (Phi) is 4.65. The number of fused-ring (bicyclic) bond motifs is 1. The van der Waals surface area contributed by atoms with Gasteiger partial charge < -0.3 is 10.6 Å². The summed E-state index contributed by atoms with van der Waals surface area (Å²) in [6.07, 6.45) is 9.24. The molecule has 2 N–H and O–H groups in total. The number of nitrogens with two attached hydrogens (primary N) is 1. The molecule has 4 rings (SSSR count). The highest BCUT2D eigenvalue weighted by Crippen LogP contribution is 2.33. The van der Waals surface area contributed by atoms with Crippen LogP contribution in [0.1, 0.15) is 25.3 Å². The molecule has 7 nitrogen and oxygen atoms in total. The first-order valence-corrected chi connectivity index (χ1v) is 8.41. The van der Waals surface area contributed by atoms with E-state index in [0.29, 0.717) is 5.56 Å². The average Bonchev–Trinajstić information content (AvgIpc) is 3.20. The van der Waals surface area contributed by atoms with Gasteiger partial charge in [0.1, 0.15) is 11.6 Å². The third-order valence-electron chi connectivity index (χ3n) is 5.00. The van der Waals surface area contributed by atoms with Gasteiger partial charge in [-0.25, -0.2) is 4.52 Å². The van der Waals surface area contributed by atoms with Gasteiger partial charge in [-0.1, -0.05) is 0 Å². The molecule has 1 aliphatic heterocycles. The normalized spacial score (nSPS) is 16.3. The number of halogens is 1. The van der Waals surface area contributed by atoms with Crippen molar-refractivity contribution in [3.63, 3.8) is 0 Å². The van der Waals surface area contributed by atoms with Gasteiger partial charge in [0.05, 0.1) is 23.6 Å². The first kappa shape index (κ1) is 18.2. The van der Waals surface area contributed by atoms with Gasteiger partial charge in [0.2, 0.25) is 0 Å². The lowest BCUT2D eigenvalue weighted by Gasteiger charge is -2.38. The van der Waals surface area contributed by atoms with Crippen LogP contribution >= 0.6 is 12.4 Å². The largest absolute Gasteiger partial charge is 0.370 e. The molecule has 3 aromatic heterocycles. The van der Waals surface area contributed by atoms with Crippen LogP contribution < -0.4 is 10.6 Å². The summed E-state index contributed by atoms with van der Waals surface area (Å²) in [6, 6.07) is 4.39. The molecule has 1 fully saturated rings. The maximum Gasteiger partial charge on any atom is 0.107 e. The van der Waals surface area contributed by atoms with Crippen molar-refractivity contribution in [3.8, 4) is 17.2 Å². The highest BCUT2D eigenvalue weighted by molar-refractivity contribution is 5.85. The smallest absolute Gasteiger partial charge is 0.107 e. The number of piperidine rings is 1. The van der Waals surface area contributed by atoms with Gasteiger partial charge in [0.25, 0.3) is 0 Å². The molecule has 0 radical (unpaired) electrons. The maximum atomic E-state index is 9.46. The van der Waals surface area contributed by atoms with E-state index in [1.54, 1.807) is 15.4 Å². The molecule has 26 heavy (non-hydrogen) atoms. The van der Waals surface area contributed by atoms with Crippen molar-refractivity contribution in [1.29, 1.82) is 5.26 Å². The van der Waals surface area contributed by atoms with Gasteiger partial charge in [-0.2, -0.15) is 15.5 Å². The Hall–Kier alpha value is -2.56. The van der Waals surface area contributed by atoms with Crippen molar-refractivity contribution in [2.45, 2.75) is 25.3 Å². The van der Waals surface area contributed by atoms with Gasteiger partial charge in [-0.3, -0.25) is 4.68 Å². The van der Waals surface area contributed by atoms with Crippen LogP contribution in [-0.2, 0) is 7.05 Å². The number of pyridine rings is 1. The van der Waals surface area contributed by atoms with Crippen molar-refractivity contribution in [1.82, 2.24) is 19.4 Å². The summed E-state index contributed by atoms with van der Waals surface area (Å²) in [6.45, 7) is 3.84. The molecule has 0 spiro atoms. The van der Waals surface area contributed by atoms with Crippen molar-refractivity contribution >= 4 is 23.6 Å². The lowest BCUT2D eigenvalue weighted by Crippen LogP contribution is -2.48. The Morgan fingerprint density at radius 3 is 2.50 bits per heavy atom. The highest BCUT2D eigenvalue weighted by atomic mass is 35.5. The number of hydrogen-bond donors (Lipinski definition) is 1. The molecule has 0 bridgehead atoms. The third-order valence-corrected chi connectivity index (χ3v) is 5.00. The lowest BCUT2D eigenvalue weighted by molar-refractivity contribution is 0.364. The Bertz CT molecular complexity index is 969.